The van der Waals surface area contributed by atoms with Gasteiger partial charge in [-0.1, -0.05) is 13.8 Å². The molecule has 0 aromatic heterocycles. The third-order valence-electron chi connectivity index (χ3n) is 2.73. The second-order valence-corrected chi connectivity index (χ2v) is 4.52. The number of nitrogens with zero attached hydrogens (tertiary/aromatic N) is 1. The van der Waals surface area contributed by atoms with Gasteiger partial charge in [-0.15, -0.1) is 0 Å². The Kier molecular flexibility index (Phi) is 3.89. The number of piperidine rings is 1. The largest absolute Gasteiger partial charge is 0.392 e. The fourth-order valence-corrected chi connectivity index (χ4v) is 2.05. The van der Waals surface area contributed by atoms with Crippen molar-refractivity contribution >= 4 is 5.91 Å². The van der Waals surface area contributed by atoms with Crippen molar-refractivity contribution in [2.45, 2.75) is 26.4 Å². The van der Waals surface area contributed by atoms with Crippen LogP contribution in [-0.2, 0) is 4.79 Å². The van der Waals surface area contributed by atoms with Gasteiger partial charge in [0.05, 0.1) is 6.10 Å². The van der Waals surface area contributed by atoms with Crippen LogP contribution in [-0.4, -0.2) is 41.7 Å². The molecule has 1 heterocycles. The second-order valence-electron chi connectivity index (χ2n) is 4.52. The van der Waals surface area contributed by atoms with Crippen LogP contribution in [0.1, 0.15) is 20.3 Å². The molecule has 1 fully saturated rings. The van der Waals surface area contributed by atoms with Crippen molar-refractivity contribution in [3.8, 4) is 0 Å². The summed E-state index contributed by atoms with van der Waals surface area (Å²) in [6.45, 7) is 6.23. The van der Waals surface area contributed by atoms with Crippen LogP contribution in [0.4, 0.5) is 0 Å². The summed E-state index contributed by atoms with van der Waals surface area (Å²) in [5.74, 6) is 0.101. The summed E-state index contributed by atoms with van der Waals surface area (Å²) >= 11 is 0. The number of hydrogen-bond acceptors (Lipinski definition) is 3. The predicted molar refractivity (Wildman–Crippen MR) is 54.6 cm³/mol. The number of rotatable bonds is 3. The molecule has 3 N–H and O–H groups in total. The number of primary amides is 1. The Hall–Kier alpha value is -0.610. The Bertz CT molecular complexity index is 198. The molecule has 0 saturated carbocycles. The van der Waals surface area contributed by atoms with E-state index in [4.69, 9.17) is 5.73 Å². The molecule has 0 spiro atoms. The van der Waals surface area contributed by atoms with Crippen molar-refractivity contribution in [2.24, 2.45) is 17.6 Å². The fraction of sp³-hybridized carbons (Fsp3) is 0.900. The van der Waals surface area contributed by atoms with Gasteiger partial charge in [-0.3, -0.25) is 9.69 Å². The summed E-state index contributed by atoms with van der Waals surface area (Å²) in [5.41, 5.74) is 5.19. The molecule has 1 amide bonds. The van der Waals surface area contributed by atoms with Crippen molar-refractivity contribution < 1.29 is 9.90 Å². The summed E-state index contributed by atoms with van der Waals surface area (Å²) in [4.78, 5) is 13.0. The summed E-state index contributed by atoms with van der Waals surface area (Å²) in [6, 6.07) is 0. The highest BCUT2D eigenvalue weighted by Gasteiger charge is 2.24. The smallest absolute Gasteiger partial charge is 0.221 e. The van der Waals surface area contributed by atoms with Gasteiger partial charge in [-0.25, -0.2) is 0 Å². The lowest BCUT2D eigenvalue weighted by Gasteiger charge is -2.35. The molecule has 1 aliphatic rings. The van der Waals surface area contributed by atoms with E-state index < -0.39 is 0 Å². The molecule has 1 rings (SSSR count). The van der Waals surface area contributed by atoms with E-state index in [1.54, 1.807) is 0 Å². The van der Waals surface area contributed by atoms with E-state index in [9.17, 15) is 9.90 Å². The summed E-state index contributed by atoms with van der Waals surface area (Å²) in [6.07, 6.45) is 0.611. The molecular formula is C10H20N2O2. The lowest BCUT2D eigenvalue weighted by Crippen LogP contribution is -2.45. The maximum absolute atomic E-state index is 10.9. The molecule has 1 saturated heterocycles. The molecular weight excluding hydrogens is 180 g/mol. The van der Waals surface area contributed by atoms with Gasteiger partial charge in [0.1, 0.15) is 0 Å². The number of carbonyl (C=O) groups excluding carboxylic acids is 1. The minimum Gasteiger partial charge on any atom is -0.392 e. The Morgan fingerprint density at radius 1 is 1.64 bits per heavy atom. The highest BCUT2D eigenvalue weighted by Crippen LogP contribution is 2.17. The number of β-amino-alcohol motifs (C(OH)–C–C–N with tert-alkyl or cyclic N) is 1. The minimum absolute atomic E-state index is 0.132. The van der Waals surface area contributed by atoms with Gasteiger partial charge in [0.2, 0.25) is 5.91 Å². The zero-order valence-electron chi connectivity index (χ0n) is 8.94. The molecule has 82 valence electrons. The first kappa shape index (κ1) is 11.5. The standard InChI is InChI=1S/C10H20N2O2/c1-7-3-9(13)6-12(4-7)5-8(2)10(11)14/h7-9,13H,3-6H2,1-2H3,(H2,11,14)/t7-,8?,9+/m0/s1. The first-order valence-corrected chi connectivity index (χ1v) is 5.18. The number of amides is 1. The van der Waals surface area contributed by atoms with Crippen LogP contribution in [0.3, 0.4) is 0 Å². The van der Waals surface area contributed by atoms with Crippen LogP contribution < -0.4 is 5.73 Å². The lowest BCUT2D eigenvalue weighted by atomic mass is 9.97. The molecule has 0 bridgehead atoms. The van der Waals surface area contributed by atoms with E-state index in [-0.39, 0.29) is 17.9 Å². The molecule has 4 nitrogen and oxygen atoms in total. The van der Waals surface area contributed by atoms with E-state index in [1.165, 1.54) is 0 Å². The van der Waals surface area contributed by atoms with Crippen molar-refractivity contribution in [3.63, 3.8) is 0 Å². The molecule has 0 aromatic carbocycles. The van der Waals surface area contributed by atoms with Gasteiger partial charge in [0.25, 0.3) is 0 Å². The maximum atomic E-state index is 10.9. The number of nitrogens with two attached hydrogens (primary N) is 1. The van der Waals surface area contributed by atoms with E-state index in [0.29, 0.717) is 19.0 Å². The van der Waals surface area contributed by atoms with Crippen molar-refractivity contribution in [1.29, 1.82) is 0 Å². The van der Waals surface area contributed by atoms with Gasteiger partial charge >= 0.3 is 0 Å². The zero-order chi connectivity index (χ0) is 10.7. The Labute approximate surface area is 85.1 Å². The molecule has 0 aliphatic carbocycles. The average Bonchev–Trinajstić information content (AvgIpc) is 2.01. The van der Waals surface area contributed by atoms with E-state index in [1.807, 2.05) is 6.92 Å². The predicted octanol–water partition coefficient (Wildman–Crippen LogP) is -0.189. The average molecular weight is 200 g/mol. The monoisotopic (exact) mass is 200 g/mol. The first-order chi connectivity index (χ1) is 6.49. The highest BCUT2D eigenvalue weighted by atomic mass is 16.3. The van der Waals surface area contributed by atoms with Gasteiger partial charge in [0, 0.05) is 25.6 Å². The van der Waals surface area contributed by atoms with Gasteiger partial charge in [0.15, 0.2) is 0 Å². The molecule has 0 aromatic rings. The highest BCUT2D eigenvalue weighted by molar-refractivity contribution is 5.76. The summed E-state index contributed by atoms with van der Waals surface area (Å²) < 4.78 is 0. The van der Waals surface area contributed by atoms with Gasteiger partial charge in [-0.2, -0.15) is 0 Å². The number of hydrogen-bond donors (Lipinski definition) is 2. The number of likely N-dealkylation sites (tertiary alicyclic amines) is 1. The first-order valence-electron chi connectivity index (χ1n) is 5.18. The molecule has 1 unspecified atom stereocenters. The molecule has 4 heteroatoms. The van der Waals surface area contributed by atoms with Crippen LogP contribution in [0.25, 0.3) is 0 Å². The van der Waals surface area contributed by atoms with Crippen LogP contribution in [0, 0.1) is 11.8 Å². The SMILES string of the molecule is CC(CN1C[C@@H](C)C[C@@H](O)C1)C(N)=O. The van der Waals surface area contributed by atoms with Crippen LogP contribution in [0.2, 0.25) is 0 Å². The van der Waals surface area contributed by atoms with E-state index in [2.05, 4.69) is 11.8 Å². The van der Waals surface area contributed by atoms with E-state index in [0.717, 1.165) is 13.0 Å². The number of aliphatic hydroxyl groups is 1. The maximum Gasteiger partial charge on any atom is 0.221 e. The fourth-order valence-electron chi connectivity index (χ4n) is 2.05. The third kappa shape index (κ3) is 3.27. The Morgan fingerprint density at radius 3 is 2.79 bits per heavy atom. The van der Waals surface area contributed by atoms with Gasteiger partial charge in [-0.05, 0) is 12.3 Å². The van der Waals surface area contributed by atoms with Crippen LogP contribution in [0.15, 0.2) is 0 Å². The minimum atomic E-state index is -0.266. The topological polar surface area (TPSA) is 66.6 Å². The van der Waals surface area contributed by atoms with Gasteiger partial charge < -0.3 is 10.8 Å². The lowest BCUT2D eigenvalue weighted by molar-refractivity contribution is -0.122. The Balaban J connectivity index is 2.40. The second kappa shape index (κ2) is 4.75. The molecule has 3 atom stereocenters. The molecule has 1 aliphatic heterocycles. The normalized spacial score (nSPS) is 31.4. The molecule has 14 heavy (non-hydrogen) atoms. The number of carbonyl (C=O) groups is 1. The Morgan fingerprint density at radius 2 is 2.29 bits per heavy atom. The zero-order valence-corrected chi connectivity index (χ0v) is 8.94. The quantitative estimate of drug-likeness (QED) is 0.663. The van der Waals surface area contributed by atoms with Crippen molar-refractivity contribution in [1.82, 2.24) is 4.90 Å². The van der Waals surface area contributed by atoms with Crippen LogP contribution in [0.5, 0.6) is 0 Å². The van der Waals surface area contributed by atoms with Crippen molar-refractivity contribution in [2.75, 3.05) is 19.6 Å². The van der Waals surface area contributed by atoms with E-state index >= 15 is 0 Å². The summed E-state index contributed by atoms with van der Waals surface area (Å²) in [5, 5.41) is 9.54. The molecule has 0 radical (unpaired) electrons. The summed E-state index contributed by atoms with van der Waals surface area (Å²) in [7, 11) is 0. The van der Waals surface area contributed by atoms with Crippen LogP contribution >= 0.6 is 0 Å². The third-order valence-corrected chi connectivity index (χ3v) is 2.73. The van der Waals surface area contributed by atoms with Crippen molar-refractivity contribution in [3.05, 3.63) is 0 Å². The number of aliphatic hydroxyl groups excluding tert-OH is 1.